The third-order valence-corrected chi connectivity index (χ3v) is 6.44. The maximum atomic E-state index is 12.5. The molecule has 0 saturated carbocycles. The van der Waals surface area contributed by atoms with Gasteiger partial charge in [-0.3, -0.25) is 13.5 Å². The number of benzene rings is 1. The van der Waals surface area contributed by atoms with Gasteiger partial charge in [0.1, 0.15) is 0 Å². The Morgan fingerprint density at radius 1 is 1.27 bits per heavy atom. The molecular weight excluding hydrogens is 406 g/mol. The molecule has 4 rings (SSSR count). The number of sulfonamides is 1. The number of nitrogens with one attached hydrogen (secondary N) is 1. The van der Waals surface area contributed by atoms with Gasteiger partial charge in [0.2, 0.25) is 10.0 Å². The molecule has 1 amide bonds. The maximum absolute atomic E-state index is 12.5. The smallest absolute Gasteiger partial charge is 0.350 e. The van der Waals surface area contributed by atoms with Gasteiger partial charge in [-0.05, 0) is 55.7 Å². The maximum Gasteiger partial charge on any atom is 0.350 e. The van der Waals surface area contributed by atoms with Gasteiger partial charge in [-0.1, -0.05) is 6.07 Å². The molecule has 0 aliphatic carbocycles. The lowest BCUT2D eigenvalue weighted by Gasteiger charge is -2.21. The SMILES string of the molecule is CC1Cc2cc(C(=O)NCCCn3nc4ccccn4c3=O)ccc2N1S(C)(=O)=O. The zero-order chi connectivity index (χ0) is 21.5. The molecule has 0 radical (unpaired) electrons. The number of fused-ring (bicyclic) bond motifs is 2. The number of anilines is 1. The number of amides is 1. The number of carbonyl (C=O) groups excluding carboxylic acids is 1. The average Bonchev–Trinajstić information content (AvgIpc) is 3.20. The molecule has 2 aromatic heterocycles. The molecule has 10 heteroatoms. The van der Waals surface area contributed by atoms with Crippen LogP contribution in [0.5, 0.6) is 0 Å². The van der Waals surface area contributed by atoms with E-state index in [1.165, 1.54) is 19.6 Å². The molecule has 0 spiro atoms. The van der Waals surface area contributed by atoms with E-state index >= 15 is 0 Å². The first-order valence-electron chi connectivity index (χ1n) is 9.70. The van der Waals surface area contributed by atoms with Crippen molar-refractivity contribution < 1.29 is 13.2 Å². The first-order chi connectivity index (χ1) is 14.3. The highest BCUT2D eigenvalue weighted by Gasteiger charge is 2.32. The van der Waals surface area contributed by atoms with Crippen LogP contribution in [-0.4, -0.2) is 47.3 Å². The summed E-state index contributed by atoms with van der Waals surface area (Å²) >= 11 is 0. The Morgan fingerprint density at radius 2 is 2.07 bits per heavy atom. The van der Waals surface area contributed by atoms with Crippen molar-refractivity contribution in [3.05, 3.63) is 64.2 Å². The fraction of sp³-hybridized carbons (Fsp3) is 0.350. The zero-order valence-electron chi connectivity index (χ0n) is 16.8. The quantitative estimate of drug-likeness (QED) is 0.589. The highest BCUT2D eigenvalue weighted by molar-refractivity contribution is 7.92. The third kappa shape index (κ3) is 3.70. The lowest BCUT2D eigenvalue weighted by molar-refractivity contribution is 0.0952. The molecule has 30 heavy (non-hydrogen) atoms. The standard InChI is InChI=1S/C20H23N5O4S/c1-14-12-16-13-15(7-8-17(16)25(14)30(2,28)29)19(26)21-9-5-11-24-20(27)23-10-4-3-6-18(23)22-24/h3-4,6-8,10,13-14H,5,9,11-12H2,1-2H3,(H,21,26). The second-order valence-corrected chi connectivity index (χ2v) is 9.36. The van der Waals surface area contributed by atoms with E-state index < -0.39 is 10.0 Å². The zero-order valence-corrected chi connectivity index (χ0v) is 17.6. The predicted octanol–water partition coefficient (Wildman–Crippen LogP) is 1.03. The molecule has 1 aliphatic heterocycles. The van der Waals surface area contributed by atoms with Crippen LogP contribution < -0.4 is 15.3 Å². The summed E-state index contributed by atoms with van der Waals surface area (Å²) in [7, 11) is -3.36. The minimum absolute atomic E-state index is 0.169. The van der Waals surface area contributed by atoms with Crippen LogP contribution in [0.3, 0.4) is 0 Å². The molecule has 9 nitrogen and oxygen atoms in total. The Morgan fingerprint density at radius 3 is 2.80 bits per heavy atom. The minimum atomic E-state index is -3.36. The summed E-state index contributed by atoms with van der Waals surface area (Å²) in [6, 6.07) is 10.3. The number of hydrogen-bond donors (Lipinski definition) is 1. The third-order valence-electron chi connectivity index (χ3n) is 5.17. The summed E-state index contributed by atoms with van der Waals surface area (Å²) in [6.45, 7) is 2.63. The normalized spacial score (nSPS) is 16.1. The number of hydrogen-bond acceptors (Lipinski definition) is 5. The molecule has 3 aromatic rings. The number of pyridine rings is 1. The summed E-state index contributed by atoms with van der Waals surface area (Å²) in [5.41, 5.74) is 2.34. The average molecular weight is 430 g/mol. The van der Waals surface area contributed by atoms with E-state index in [-0.39, 0.29) is 17.6 Å². The molecule has 3 heterocycles. The van der Waals surface area contributed by atoms with E-state index in [0.29, 0.717) is 42.8 Å². The Hall–Kier alpha value is -3.14. The molecule has 1 aliphatic rings. The monoisotopic (exact) mass is 429 g/mol. The van der Waals surface area contributed by atoms with E-state index in [4.69, 9.17) is 0 Å². The van der Waals surface area contributed by atoms with Crippen LogP contribution in [0.4, 0.5) is 5.69 Å². The number of nitrogens with zero attached hydrogens (tertiary/aromatic N) is 4. The van der Waals surface area contributed by atoms with E-state index in [0.717, 1.165) is 5.56 Å². The number of rotatable bonds is 6. The van der Waals surface area contributed by atoms with Crippen LogP contribution in [0.15, 0.2) is 47.4 Å². The van der Waals surface area contributed by atoms with Crippen molar-refractivity contribution >= 4 is 27.3 Å². The Balaban J connectivity index is 1.37. The number of aryl methyl sites for hydroxylation is 1. The van der Waals surface area contributed by atoms with Gasteiger partial charge in [-0.25, -0.2) is 17.9 Å². The van der Waals surface area contributed by atoms with Crippen molar-refractivity contribution in [2.75, 3.05) is 17.1 Å². The number of carbonyl (C=O) groups is 1. The second-order valence-electron chi connectivity index (χ2n) is 7.50. The molecule has 0 bridgehead atoms. The molecular formula is C20H23N5O4S. The van der Waals surface area contributed by atoms with E-state index in [2.05, 4.69) is 10.4 Å². The molecule has 1 unspecified atom stereocenters. The second kappa shape index (κ2) is 7.60. The summed E-state index contributed by atoms with van der Waals surface area (Å²) < 4.78 is 28.3. The van der Waals surface area contributed by atoms with Crippen molar-refractivity contribution in [3.8, 4) is 0 Å². The topological polar surface area (TPSA) is 106 Å². The van der Waals surface area contributed by atoms with Crippen LogP contribution in [0.2, 0.25) is 0 Å². The van der Waals surface area contributed by atoms with Gasteiger partial charge >= 0.3 is 5.69 Å². The van der Waals surface area contributed by atoms with Crippen LogP contribution >= 0.6 is 0 Å². The lowest BCUT2D eigenvalue weighted by atomic mass is 10.1. The molecule has 1 aromatic carbocycles. The van der Waals surface area contributed by atoms with Crippen molar-refractivity contribution in [1.29, 1.82) is 0 Å². The van der Waals surface area contributed by atoms with Crippen molar-refractivity contribution in [2.45, 2.75) is 32.4 Å². The molecule has 1 N–H and O–H groups in total. The molecule has 1 atom stereocenters. The Kier molecular flexibility index (Phi) is 5.10. The first-order valence-corrected chi connectivity index (χ1v) is 11.6. The van der Waals surface area contributed by atoms with Gasteiger partial charge in [-0.2, -0.15) is 0 Å². The molecule has 158 valence electrons. The van der Waals surface area contributed by atoms with Crippen LogP contribution in [0.1, 0.15) is 29.3 Å². The summed E-state index contributed by atoms with van der Waals surface area (Å²) in [4.78, 5) is 24.7. The Labute approximate surface area is 174 Å². The Bertz CT molecular complexity index is 1280. The van der Waals surface area contributed by atoms with Gasteiger partial charge in [0.25, 0.3) is 5.91 Å². The molecule has 0 fully saturated rings. The van der Waals surface area contributed by atoms with E-state index in [1.54, 1.807) is 36.5 Å². The largest absolute Gasteiger partial charge is 0.352 e. The first kappa shape index (κ1) is 20.1. The molecule has 0 saturated heterocycles. The van der Waals surface area contributed by atoms with Gasteiger partial charge in [-0.15, -0.1) is 5.10 Å². The van der Waals surface area contributed by atoms with Crippen LogP contribution in [-0.2, 0) is 23.0 Å². The predicted molar refractivity (Wildman–Crippen MR) is 113 cm³/mol. The summed E-state index contributed by atoms with van der Waals surface area (Å²) in [6.07, 6.45) is 3.98. The minimum Gasteiger partial charge on any atom is -0.352 e. The fourth-order valence-electron chi connectivity index (χ4n) is 3.90. The van der Waals surface area contributed by atoms with Gasteiger partial charge in [0.15, 0.2) is 5.65 Å². The number of aromatic nitrogens is 3. The summed E-state index contributed by atoms with van der Waals surface area (Å²) in [5.74, 6) is -0.231. The van der Waals surface area contributed by atoms with Crippen molar-refractivity contribution in [3.63, 3.8) is 0 Å². The highest BCUT2D eigenvalue weighted by atomic mass is 32.2. The van der Waals surface area contributed by atoms with Crippen molar-refractivity contribution in [1.82, 2.24) is 19.5 Å². The van der Waals surface area contributed by atoms with E-state index in [9.17, 15) is 18.0 Å². The lowest BCUT2D eigenvalue weighted by Crippen LogP contribution is -2.34. The van der Waals surface area contributed by atoms with Gasteiger partial charge < -0.3 is 5.32 Å². The van der Waals surface area contributed by atoms with E-state index in [1.807, 2.05) is 13.0 Å². The van der Waals surface area contributed by atoms with Crippen molar-refractivity contribution in [2.24, 2.45) is 0 Å². The van der Waals surface area contributed by atoms with Gasteiger partial charge in [0, 0.05) is 30.9 Å². The fourth-order valence-corrected chi connectivity index (χ4v) is 5.16. The highest BCUT2D eigenvalue weighted by Crippen LogP contribution is 2.34. The van der Waals surface area contributed by atoms with Gasteiger partial charge in [0.05, 0.1) is 11.9 Å². The summed E-state index contributed by atoms with van der Waals surface area (Å²) in [5, 5.41) is 7.11. The van der Waals surface area contributed by atoms with Crippen LogP contribution in [0, 0.1) is 0 Å². The van der Waals surface area contributed by atoms with Crippen LogP contribution in [0.25, 0.3) is 5.65 Å².